The third-order valence-corrected chi connectivity index (χ3v) is 6.03. The van der Waals surface area contributed by atoms with Gasteiger partial charge < -0.3 is 9.32 Å². The highest BCUT2D eigenvalue weighted by Crippen LogP contribution is 2.28. The summed E-state index contributed by atoms with van der Waals surface area (Å²) >= 11 is 0. The van der Waals surface area contributed by atoms with E-state index in [1.807, 2.05) is 13.8 Å². The summed E-state index contributed by atoms with van der Waals surface area (Å²) in [6.07, 6.45) is 0. The lowest BCUT2D eigenvalue weighted by Crippen LogP contribution is -2.52. The fourth-order valence-electron chi connectivity index (χ4n) is 2.79. The molecule has 0 spiro atoms. The van der Waals surface area contributed by atoms with Crippen LogP contribution in [0.1, 0.15) is 30.0 Å². The first-order chi connectivity index (χ1) is 10.3. The van der Waals surface area contributed by atoms with Crippen molar-refractivity contribution in [3.63, 3.8) is 0 Å². The lowest BCUT2D eigenvalue weighted by atomic mass is 10.1. The van der Waals surface area contributed by atoms with Crippen molar-refractivity contribution in [2.75, 3.05) is 18.8 Å². The molecule has 1 atom stereocenters. The Kier molecular flexibility index (Phi) is 3.59. The van der Waals surface area contributed by atoms with Crippen LogP contribution in [0.4, 0.5) is 4.39 Å². The molecule has 4 nitrogen and oxygen atoms in total. The average Bonchev–Trinajstić information content (AvgIpc) is 2.78. The molecule has 2 aromatic rings. The summed E-state index contributed by atoms with van der Waals surface area (Å²) in [5.41, 5.74) is 1.14. The molecule has 1 aliphatic heterocycles. The lowest BCUT2D eigenvalue weighted by molar-refractivity contribution is 0.0715. The van der Waals surface area contributed by atoms with Gasteiger partial charge in [0.25, 0.3) is 5.91 Å². The fraction of sp³-hybridized carbons (Fsp3) is 0.438. The first kappa shape index (κ1) is 15.2. The van der Waals surface area contributed by atoms with Gasteiger partial charge in [-0.3, -0.25) is 9.00 Å². The van der Waals surface area contributed by atoms with E-state index in [0.717, 1.165) is 0 Å². The van der Waals surface area contributed by atoms with Crippen molar-refractivity contribution in [1.29, 1.82) is 0 Å². The number of aryl methyl sites for hydroxylation is 1. The molecule has 1 amide bonds. The van der Waals surface area contributed by atoms with Crippen molar-refractivity contribution in [2.45, 2.75) is 25.5 Å². The third kappa shape index (κ3) is 2.45. The van der Waals surface area contributed by atoms with Crippen molar-refractivity contribution in [3.05, 3.63) is 35.3 Å². The fourth-order valence-corrected chi connectivity index (χ4v) is 4.03. The van der Waals surface area contributed by atoms with Gasteiger partial charge >= 0.3 is 0 Å². The predicted molar refractivity (Wildman–Crippen MR) is 83.9 cm³/mol. The molecule has 6 heteroatoms. The van der Waals surface area contributed by atoms with Crippen LogP contribution in [0.3, 0.4) is 0 Å². The van der Waals surface area contributed by atoms with Crippen LogP contribution in [0.2, 0.25) is 0 Å². The van der Waals surface area contributed by atoms with E-state index in [9.17, 15) is 13.4 Å². The number of rotatable bonds is 1. The van der Waals surface area contributed by atoms with Gasteiger partial charge in [0, 0.05) is 40.6 Å². The number of amides is 1. The van der Waals surface area contributed by atoms with E-state index < -0.39 is 15.5 Å². The minimum absolute atomic E-state index is 0.223. The maximum atomic E-state index is 13.4. The van der Waals surface area contributed by atoms with Crippen molar-refractivity contribution in [2.24, 2.45) is 0 Å². The Balaban J connectivity index is 1.96. The van der Waals surface area contributed by atoms with Gasteiger partial charge in [-0.25, -0.2) is 4.39 Å². The van der Waals surface area contributed by atoms with Gasteiger partial charge in [-0.1, -0.05) is 0 Å². The Labute approximate surface area is 130 Å². The van der Waals surface area contributed by atoms with Crippen LogP contribution < -0.4 is 0 Å². The smallest absolute Gasteiger partial charge is 0.289 e. The molecule has 2 heterocycles. The standard InChI is InChI=1S/C16H18FNO3S/c1-10-12-8-11(17)4-5-13(12)21-14(10)15(19)18-6-7-22(20)16(2,3)9-18/h4-5,8H,6-7,9H2,1-3H3/t22-/m0/s1. The van der Waals surface area contributed by atoms with Crippen LogP contribution in [0.15, 0.2) is 22.6 Å². The van der Waals surface area contributed by atoms with Gasteiger partial charge in [-0.2, -0.15) is 0 Å². The first-order valence-corrected chi connectivity index (χ1v) is 8.48. The lowest BCUT2D eigenvalue weighted by Gasteiger charge is -2.36. The molecule has 1 saturated heterocycles. The number of furan rings is 1. The van der Waals surface area contributed by atoms with Crippen LogP contribution in [-0.2, 0) is 10.8 Å². The molecule has 1 aromatic carbocycles. The van der Waals surface area contributed by atoms with Gasteiger partial charge in [0.2, 0.25) is 0 Å². The zero-order valence-corrected chi connectivity index (χ0v) is 13.6. The molecule has 1 aliphatic rings. The Morgan fingerprint density at radius 1 is 1.41 bits per heavy atom. The van der Waals surface area contributed by atoms with Crippen LogP contribution in [0, 0.1) is 12.7 Å². The van der Waals surface area contributed by atoms with Crippen molar-refractivity contribution in [3.8, 4) is 0 Å². The number of carbonyl (C=O) groups excluding carboxylic acids is 1. The maximum absolute atomic E-state index is 13.4. The maximum Gasteiger partial charge on any atom is 0.289 e. The summed E-state index contributed by atoms with van der Waals surface area (Å²) in [5.74, 6) is 0.125. The molecule has 0 N–H and O–H groups in total. The van der Waals surface area contributed by atoms with Crippen LogP contribution in [0.5, 0.6) is 0 Å². The highest BCUT2D eigenvalue weighted by Gasteiger charge is 2.36. The summed E-state index contributed by atoms with van der Waals surface area (Å²) in [7, 11) is -0.941. The molecule has 118 valence electrons. The molecule has 0 aliphatic carbocycles. The number of fused-ring (bicyclic) bond motifs is 1. The summed E-state index contributed by atoms with van der Waals surface area (Å²) in [6.45, 7) is 6.40. The molecule has 0 bridgehead atoms. The second-order valence-electron chi connectivity index (χ2n) is 6.23. The quantitative estimate of drug-likeness (QED) is 0.811. The minimum atomic E-state index is -0.941. The van der Waals surface area contributed by atoms with Gasteiger partial charge in [-0.05, 0) is 39.0 Å². The summed E-state index contributed by atoms with van der Waals surface area (Å²) in [5, 5.41) is 0.614. The van der Waals surface area contributed by atoms with Crippen molar-refractivity contribution >= 4 is 27.7 Å². The number of benzene rings is 1. The second-order valence-corrected chi connectivity index (χ2v) is 8.44. The monoisotopic (exact) mass is 323 g/mol. The number of halogens is 1. The summed E-state index contributed by atoms with van der Waals surface area (Å²) < 4.78 is 30.5. The number of nitrogens with zero attached hydrogens (tertiary/aromatic N) is 1. The third-order valence-electron chi connectivity index (χ3n) is 4.11. The molecule has 0 unspecified atom stereocenters. The Hall–Kier alpha value is -1.69. The Morgan fingerprint density at radius 3 is 2.82 bits per heavy atom. The van der Waals surface area contributed by atoms with Gasteiger partial charge in [0.05, 0.1) is 4.75 Å². The SMILES string of the molecule is Cc1c(C(=O)N2CC[S@](=O)C(C)(C)C2)oc2ccc(F)cc12. The van der Waals surface area contributed by atoms with E-state index in [1.54, 1.807) is 11.8 Å². The van der Waals surface area contributed by atoms with E-state index in [-0.39, 0.29) is 17.5 Å². The summed E-state index contributed by atoms with van der Waals surface area (Å²) in [4.78, 5) is 14.4. The van der Waals surface area contributed by atoms with E-state index in [2.05, 4.69) is 0 Å². The van der Waals surface area contributed by atoms with E-state index in [0.29, 0.717) is 35.4 Å². The molecule has 0 saturated carbocycles. The first-order valence-electron chi connectivity index (χ1n) is 7.16. The largest absolute Gasteiger partial charge is 0.451 e. The van der Waals surface area contributed by atoms with Crippen LogP contribution >= 0.6 is 0 Å². The highest BCUT2D eigenvalue weighted by molar-refractivity contribution is 7.86. The van der Waals surface area contributed by atoms with E-state index >= 15 is 0 Å². The highest BCUT2D eigenvalue weighted by atomic mass is 32.2. The second kappa shape index (κ2) is 5.19. The molecular weight excluding hydrogens is 305 g/mol. The zero-order chi connectivity index (χ0) is 16.1. The van der Waals surface area contributed by atoms with Gasteiger partial charge in [0.15, 0.2) is 5.76 Å². The van der Waals surface area contributed by atoms with E-state index in [1.165, 1.54) is 18.2 Å². The van der Waals surface area contributed by atoms with Crippen molar-refractivity contribution in [1.82, 2.24) is 4.90 Å². The molecule has 1 fully saturated rings. The van der Waals surface area contributed by atoms with Crippen LogP contribution in [-0.4, -0.2) is 38.6 Å². The topological polar surface area (TPSA) is 50.5 Å². The normalized spacial score (nSPS) is 21.3. The van der Waals surface area contributed by atoms with Gasteiger partial charge in [-0.15, -0.1) is 0 Å². The zero-order valence-electron chi connectivity index (χ0n) is 12.8. The van der Waals surface area contributed by atoms with Gasteiger partial charge in [0.1, 0.15) is 11.4 Å². The van der Waals surface area contributed by atoms with Crippen molar-refractivity contribution < 1.29 is 17.8 Å². The number of hydrogen-bond donors (Lipinski definition) is 0. The molecular formula is C16H18FNO3S. The summed E-state index contributed by atoms with van der Waals surface area (Å²) in [6, 6.07) is 4.22. The Bertz CT molecular complexity index is 781. The molecule has 3 rings (SSSR count). The minimum Gasteiger partial charge on any atom is -0.451 e. The molecule has 0 radical (unpaired) electrons. The Morgan fingerprint density at radius 2 is 2.14 bits per heavy atom. The van der Waals surface area contributed by atoms with E-state index in [4.69, 9.17) is 4.42 Å². The molecule has 22 heavy (non-hydrogen) atoms. The predicted octanol–water partition coefficient (Wildman–Crippen LogP) is 2.86. The van der Waals surface area contributed by atoms with Crippen LogP contribution in [0.25, 0.3) is 11.0 Å². The number of hydrogen-bond acceptors (Lipinski definition) is 3. The number of carbonyl (C=O) groups is 1. The average molecular weight is 323 g/mol. The molecule has 1 aromatic heterocycles.